The molecule has 0 spiro atoms. The van der Waals surface area contributed by atoms with Crippen LogP contribution in [0.3, 0.4) is 0 Å². The van der Waals surface area contributed by atoms with Crippen LogP contribution in [0.4, 0.5) is 5.69 Å². The zero-order chi connectivity index (χ0) is 16.4. The Morgan fingerprint density at radius 2 is 2.08 bits per heavy atom. The molecular weight excluding hydrogens is 296 g/mol. The third kappa shape index (κ3) is 3.44. The van der Waals surface area contributed by atoms with Gasteiger partial charge in [-0.1, -0.05) is 29.8 Å². The van der Waals surface area contributed by atoms with Crippen LogP contribution in [0, 0.1) is 6.92 Å². The molecule has 1 aliphatic rings. The van der Waals surface area contributed by atoms with Gasteiger partial charge in [0.25, 0.3) is 0 Å². The number of anilines is 1. The number of hydrogen-bond acceptors (Lipinski definition) is 3. The van der Waals surface area contributed by atoms with Crippen molar-refractivity contribution in [2.75, 3.05) is 18.4 Å². The number of fused-ring (bicyclic) bond motifs is 1. The minimum Gasteiger partial charge on any atom is -0.381 e. The van der Waals surface area contributed by atoms with E-state index in [0.717, 1.165) is 24.0 Å². The maximum Gasteiger partial charge on any atom is 0.0651 e. The zero-order valence-electron chi connectivity index (χ0n) is 14.1. The van der Waals surface area contributed by atoms with Gasteiger partial charge in [-0.2, -0.15) is 5.10 Å². The summed E-state index contributed by atoms with van der Waals surface area (Å²) < 4.78 is 0. The fraction of sp³-hybridized carbons (Fsp3) is 0.350. The predicted octanol–water partition coefficient (Wildman–Crippen LogP) is 3.95. The lowest BCUT2D eigenvalue weighted by molar-refractivity contribution is 0.208. The van der Waals surface area contributed by atoms with Gasteiger partial charge >= 0.3 is 0 Å². The third-order valence-electron chi connectivity index (χ3n) is 4.84. The quantitative estimate of drug-likeness (QED) is 0.765. The molecule has 0 amide bonds. The number of benzene rings is 2. The summed E-state index contributed by atoms with van der Waals surface area (Å²) in [6.07, 6.45) is 4.36. The largest absolute Gasteiger partial charge is 0.381 e. The number of H-pyrrole nitrogens is 1. The Morgan fingerprint density at radius 3 is 2.96 bits per heavy atom. The van der Waals surface area contributed by atoms with E-state index in [4.69, 9.17) is 0 Å². The van der Waals surface area contributed by atoms with Gasteiger partial charge in [0.15, 0.2) is 0 Å². The number of likely N-dealkylation sites (tertiary alicyclic amines) is 1. The first kappa shape index (κ1) is 15.2. The Hall–Kier alpha value is -2.33. The first-order valence-corrected chi connectivity index (χ1v) is 8.74. The monoisotopic (exact) mass is 320 g/mol. The second-order valence-electron chi connectivity index (χ2n) is 6.88. The first-order chi connectivity index (χ1) is 11.8. The number of nitrogens with zero attached hydrogens (tertiary/aromatic N) is 2. The number of hydrogen-bond donors (Lipinski definition) is 2. The van der Waals surface area contributed by atoms with Crippen LogP contribution in [0.1, 0.15) is 24.0 Å². The molecule has 1 saturated heterocycles. The van der Waals surface area contributed by atoms with E-state index in [1.807, 2.05) is 6.20 Å². The molecule has 2 heterocycles. The summed E-state index contributed by atoms with van der Waals surface area (Å²) >= 11 is 0. The van der Waals surface area contributed by atoms with E-state index >= 15 is 0 Å². The molecule has 2 N–H and O–H groups in total. The molecule has 1 aromatic heterocycles. The molecule has 0 bridgehead atoms. The van der Waals surface area contributed by atoms with Crippen molar-refractivity contribution in [1.29, 1.82) is 0 Å². The van der Waals surface area contributed by atoms with Crippen molar-refractivity contribution in [2.45, 2.75) is 32.4 Å². The van der Waals surface area contributed by atoms with Gasteiger partial charge in [0.2, 0.25) is 0 Å². The van der Waals surface area contributed by atoms with Crippen LogP contribution in [0.25, 0.3) is 10.9 Å². The van der Waals surface area contributed by atoms with Crippen molar-refractivity contribution in [3.05, 3.63) is 59.8 Å². The summed E-state index contributed by atoms with van der Waals surface area (Å²) in [5, 5.41) is 12.0. The fourth-order valence-electron chi connectivity index (χ4n) is 3.54. The number of nitrogens with one attached hydrogen (secondary N) is 2. The lowest BCUT2D eigenvalue weighted by atomic mass is 10.0. The second kappa shape index (κ2) is 6.65. The first-order valence-electron chi connectivity index (χ1n) is 8.74. The number of rotatable bonds is 4. The number of aryl methyl sites for hydroxylation is 1. The van der Waals surface area contributed by atoms with E-state index < -0.39 is 0 Å². The summed E-state index contributed by atoms with van der Waals surface area (Å²) in [7, 11) is 0. The van der Waals surface area contributed by atoms with Gasteiger partial charge in [-0.05, 0) is 50.1 Å². The van der Waals surface area contributed by atoms with Crippen LogP contribution in [-0.2, 0) is 6.54 Å². The Balaban J connectivity index is 1.39. The highest BCUT2D eigenvalue weighted by atomic mass is 15.2. The number of piperidine rings is 1. The summed E-state index contributed by atoms with van der Waals surface area (Å²) in [5.74, 6) is 0. The molecule has 4 nitrogen and oxygen atoms in total. The molecule has 1 atom stereocenters. The van der Waals surface area contributed by atoms with Crippen molar-refractivity contribution in [3.8, 4) is 0 Å². The molecule has 0 unspecified atom stereocenters. The van der Waals surface area contributed by atoms with Gasteiger partial charge < -0.3 is 5.32 Å². The normalized spacial score (nSPS) is 18.8. The Kier molecular flexibility index (Phi) is 4.22. The Morgan fingerprint density at radius 1 is 1.21 bits per heavy atom. The summed E-state index contributed by atoms with van der Waals surface area (Å²) in [6, 6.07) is 15.8. The van der Waals surface area contributed by atoms with Crippen molar-refractivity contribution in [3.63, 3.8) is 0 Å². The highest BCUT2D eigenvalue weighted by Gasteiger charge is 2.19. The molecule has 3 aromatic rings. The van der Waals surface area contributed by atoms with Gasteiger partial charge in [-0.25, -0.2) is 0 Å². The molecule has 0 aliphatic carbocycles. The van der Waals surface area contributed by atoms with E-state index in [1.54, 1.807) is 0 Å². The molecule has 0 radical (unpaired) electrons. The average molecular weight is 320 g/mol. The number of aromatic amines is 1. The standard InChI is InChI=1S/C20H24N4/c1-15-4-6-16(7-5-15)13-24-10-2-3-19(14-24)22-18-8-9-20-17(11-18)12-21-23-20/h4-9,11-12,19,22H,2-3,10,13-14H2,1H3,(H,21,23)/t19-/m1/s1. The third-order valence-corrected chi connectivity index (χ3v) is 4.84. The van der Waals surface area contributed by atoms with Crippen LogP contribution in [0.5, 0.6) is 0 Å². The lowest BCUT2D eigenvalue weighted by Gasteiger charge is -2.33. The summed E-state index contributed by atoms with van der Waals surface area (Å²) in [5.41, 5.74) is 5.00. The highest BCUT2D eigenvalue weighted by molar-refractivity contribution is 5.81. The summed E-state index contributed by atoms with van der Waals surface area (Å²) in [4.78, 5) is 2.56. The molecule has 0 saturated carbocycles. The molecule has 2 aromatic carbocycles. The van der Waals surface area contributed by atoms with Crippen molar-refractivity contribution >= 4 is 16.6 Å². The van der Waals surface area contributed by atoms with Crippen molar-refractivity contribution in [2.24, 2.45) is 0 Å². The van der Waals surface area contributed by atoms with Gasteiger partial charge in [0, 0.05) is 30.2 Å². The smallest absolute Gasteiger partial charge is 0.0651 e. The molecule has 1 aliphatic heterocycles. The Bertz CT molecular complexity index is 806. The topological polar surface area (TPSA) is 44.0 Å². The highest BCUT2D eigenvalue weighted by Crippen LogP contribution is 2.21. The number of aromatic nitrogens is 2. The maximum absolute atomic E-state index is 4.09. The van der Waals surface area contributed by atoms with Crippen LogP contribution in [0.2, 0.25) is 0 Å². The van der Waals surface area contributed by atoms with Crippen LogP contribution < -0.4 is 5.32 Å². The average Bonchev–Trinajstić information content (AvgIpc) is 3.05. The molecule has 1 fully saturated rings. The van der Waals surface area contributed by atoms with Crippen molar-refractivity contribution < 1.29 is 0 Å². The molecule has 24 heavy (non-hydrogen) atoms. The second-order valence-corrected chi connectivity index (χ2v) is 6.88. The van der Waals surface area contributed by atoms with Crippen LogP contribution >= 0.6 is 0 Å². The van der Waals surface area contributed by atoms with E-state index in [-0.39, 0.29) is 0 Å². The van der Waals surface area contributed by atoms with Gasteiger partial charge in [-0.3, -0.25) is 10.00 Å². The maximum atomic E-state index is 4.09. The summed E-state index contributed by atoms with van der Waals surface area (Å²) in [6.45, 7) is 5.46. The molecule has 4 heteroatoms. The van der Waals surface area contributed by atoms with E-state index in [9.17, 15) is 0 Å². The van der Waals surface area contributed by atoms with Gasteiger partial charge in [0.05, 0.1) is 11.7 Å². The van der Waals surface area contributed by atoms with Crippen LogP contribution in [-0.4, -0.2) is 34.2 Å². The lowest BCUT2D eigenvalue weighted by Crippen LogP contribution is -2.41. The minimum atomic E-state index is 0.508. The molecule has 124 valence electrons. The van der Waals surface area contributed by atoms with Crippen molar-refractivity contribution in [1.82, 2.24) is 15.1 Å². The van der Waals surface area contributed by atoms with E-state index in [2.05, 4.69) is 69.8 Å². The zero-order valence-corrected chi connectivity index (χ0v) is 14.1. The van der Waals surface area contributed by atoms with Gasteiger partial charge in [0.1, 0.15) is 0 Å². The van der Waals surface area contributed by atoms with Gasteiger partial charge in [-0.15, -0.1) is 0 Å². The molecule has 4 rings (SSSR count). The van der Waals surface area contributed by atoms with E-state index in [1.165, 1.54) is 36.2 Å². The van der Waals surface area contributed by atoms with Crippen LogP contribution in [0.15, 0.2) is 48.7 Å². The Labute approximate surface area is 142 Å². The minimum absolute atomic E-state index is 0.508. The SMILES string of the molecule is Cc1ccc(CN2CCC[C@@H](Nc3ccc4[nH]ncc4c3)C2)cc1. The fourth-order valence-corrected chi connectivity index (χ4v) is 3.54. The molecular formula is C20H24N4. The predicted molar refractivity (Wildman–Crippen MR) is 99.2 cm³/mol. The van der Waals surface area contributed by atoms with E-state index in [0.29, 0.717) is 6.04 Å².